The average molecular weight is 268 g/mol. The summed E-state index contributed by atoms with van der Waals surface area (Å²) in [6.45, 7) is 2.74. The minimum atomic E-state index is -0.534. The first-order valence-corrected chi connectivity index (χ1v) is 7.85. The van der Waals surface area contributed by atoms with Crippen molar-refractivity contribution in [1.82, 2.24) is 5.32 Å². The summed E-state index contributed by atoms with van der Waals surface area (Å²) < 4.78 is 5.70. The molecule has 0 aromatic heterocycles. The van der Waals surface area contributed by atoms with Crippen LogP contribution in [0.25, 0.3) is 0 Å². The number of nitrogens with two attached hydrogens (primary N) is 1. The monoisotopic (exact) mass is 268 g/mol. The molecule has 1 saturated carbocycles. The molecular weight excluding hydrogens is 240 g/mol. The van der Waals surface area contributed by atoms with Crippen molar-refractivity contribution in [2.45, 2.75) is 82.4 Å². The molecule has 19 heavy (non-hydrogen) atoms. The molecule has 2 rings (SSSR count). The van der Waals surface area contributed by atoms with Crippen molar-refractivity contribution in [1.29, 1.82) is 0 Å². The molecule has 2 unspecified atom stereocenters. The van der Waals surface area contributed by atoms with E-state index < -0.39 is 5.54 Å². The summed E-state index contributed by atoms with van der Waals surface area (Å²) in [6.07, 6.45) is 10.1. The molecule has 1 aliphatic carbocycles. The number of ether oxygens (including phenoxy) is 1. The standard InChI is InChI=1S/C15H28N2O2/c1-2-13-11-15(14(16)18,9-10-19-13)17-12-7-5-3-4-6-8-12/h12-13,17H,2-11H2,1H3,(H2,16,18). The molecule has 110 valence electrons. The Kier molecular flexibility index (Phi) is 5.22. The van der Waals surface area contributed by atoms with E-state index in [1.165, 1.54) is 38.5 Å². The molecule has 1 amide bonds. The summed E-state index contributed by atoms with van der Waals surface area (Å²) in [5.41, 5.74) is 5.18. The van der Waals surface area contributed by atoms with Crippen LogP contribution in [-0.4, -0.2) is 30.2 Å². The number of carbonyl (C=O) groups excluding carboxylic acids is 1. The molecule has 0 aromatic carbocycles. The molecule has 4 nitrogen and oxygen atoms in total. The van der Waals surface area contributed by atoms with Crippen LogP contribution in [0.5, 0.6) is 0 Å². The van der Waals surface area contributed by atoms with Gasteiger partial charge < -0.3 is 15.8 Å². The highest BCUT2D eigenvalue weighted by Crippen LogP contribution is 2.29. The lowest BCUT2D eigenvalue weighted by Gasteiger charge is -2.41. The summed E-state index contributed by atoms with van der Waals surface area (Å²) in [6, 6.07) is 0.450. The Balaban J connectivity index is 2.03. The topological polar surface area (TPSA) is 64.3 Å². The van der Waals surface area contributed by atoms with E-state index in [0.29, 0.717) is 12.6 Å². The fourth-order valence-electron chi connectivity index (χ4n) is 3.45. The first-order valence-electron chi connectivity index (χ1n) is 7.85. The zero-order valence-corrected chi connectivity index (χ0v) is 12.1. The summed E-state index contributed by atoms with van der Waals surface area (Å²) >= 11 is 0. The zero-order chi connectivity index (χ0) is 13.7. The van der Waals surface area contributed by atoms with Crippen LogP contribution in [-0.2, 0) is 9.53 Å². The molecule has 0 bridgehead atoms. The first kappa shape index (κ1) is 14.8. The number of rotatable bonds is 4. The minimum absolute atomic E-state index is 0.166. The summed E-state index contributed by atoms with van der Waals surface area (Å²) in [7, 11) is 0. The third kappa shape index (κ3) is 3.69. The molecule has 4 heteroatoms. The van der Waals surface area contributed by atoms with Gasteiger partial charge in [-0.15, -0.1) is 0 Å². The fourth-order valence-corrected chi connectivity index (χ4v) is 3.45. The molecular formula is C15H28N2O2. The van der Waals surface area contributed by atoms with E-state index in [9.17, 15) is 4.79 Å². The van der Waals surface area contributed by atoms with Gasteiger partial charge in [-0.2, -0.15) is 0 Å². The van der Waals surface area contributed by atoms with Gasteiger partial charge in [0, 0.05) is 19.1 Å². The van der Waals surface area contributed by atoms with E-state index in [2.05, 4.69) is 12.2 Å². The SMILES string of the molecule is CCC1CC(NC2CCCCCC2)(C(N)=O)CCO1. The molecule has 3 N–H and O–H groups in total. The second kappa shape index (κ2) is 6.71. The van der Waals surface area contributed by atoms with Crippen LogP contribution in [0.15, 0.2) is 0 Å². The largest absolute Gasteiger partial charge is 0.378 e. The van der Waals surface area contributed by atoms with Gasteiger partial charge in [-0.05, 0) is 25.7 Å². The molecule has 0 aromatic rings. The van der Waals surface area contributed by atoms with Gasteiger partial charge in [0.25, 0.3) is 0 Å². The minimum Gasteiger partial charge on any atom is -0.378 e. The quantitative estimate of drug-likeness (QED) is 0.768. The Morgan fingerprint density at radius 2 is 2.00 bits per heavy atom. The van der Waals surface area contributed by atoms with E-state index in [1.807, 2.05) is 0 Å². The van der Waals surface area contributed by atoms with Crippen molar-refractivity contribution in [3.05, 3.63) is 0 Å². The highest BCUT2D eigenvalue weighted by Gasteiger charge is 2.42. The fraction of sp³-hybridized carbons (Fsp3) is 0.933. The van der Waals surface area contributed by atoms with Crippen molar-refractivity contribution < 1.29 is 9.53 Å². The summed E-state index contributed by atoms with van der Waals surface area (Å²) in [4.78, 5) is 12.0. The number of nitrogens with one attached hydrogen (secondary N) is 1. The van der Waals surface area contributed by atoms with Gasteiger partial charge in [-0.3, -0.25) is 4.79 Å². The van der Waals surface area contributed by atoms with Crippen LogP contribution >= 0.6 is 0 Å². The van der Waals surface area contributed by atoms with E-state index in [-0.39, 0.29) is 12.0 Å². The second-order valence-corrected chi connectivity index (χ2v) is 6.13. The summed E-state index contributed by atoms with van der Waals surface area (Å²) in [5, 5.41) is 3.62. The maximum Gasteiger partial charge on any atom is 0.237 e. The molecule has 2 fully saturated rings. The van der Waals surface area contributed by atoms with Gasteiger partial charge >= 0.3 is 0 Å². The van der Waals surface area contributed by atoms with Crippen molar-refractivity contribution in [2.24, 2.45) is 5.73 Å². The van der Waals surface area contributed by atoms with Gasteiger partial charge in [0.05, 0.1) is 6.10 Å². The van der Waals surface area contributed by atoms with E-state index in [4.69, 9.17) is 10.5 Å². The van der Waals surface area contributed by atoms with Crippen LogP contribution in [0, 0.1) is 0 Å². The highest BCUT2D eigenvalue weighted by molar-refractivity contribution is 5.84. The number of primary amides is 1. The molecule has 2 atom stereocenters. The lowest BCUT2D eigenvalue weighted by atomic mass is 9.83. The Morgan fingerprint density at radius 1 is 1.32 bits per heavy atom. The van der Waals surface area contributed by atoms with Gasteiger partial charge in [-0.25, -0.2) is 0 Å². The van der Waals surface area contributed by atoms with Crippen molar-refractivity contribution in [3.63, 3.8) is 0 Å². The zero-order valence-electron chi connectivity index (χ0n) is 12.1. The predicted octanol–water partition coefficient (Wildman–Crippen LogP) is 2.11. The van der Waals surface area contributed by atoms with E-state index >= 15 is 0 Å². The smallest absolute Gasteiger partial charge is 0.237 e. The van der Waals surface area contributed by atoms with Gasteiger partial charge in [0.1, 0.15) is 5.54 Å². The molecule has 1 saturated heterocycles. The van der Waals surface area contributed by atoms with Gasteiger partial charge in [0.15, 0.2) is 0 Å². The van der Waals surface area contributed by atoms with Gasteiger partial charge in [-0.1, -0.05) is 32.6 Å². The Labute approximate surface area is 116 Å². The number of hydrogen-bond acceptors (Lipinski definition) is 3. The maximum atomic E-state index is 12.0. The Morgan fingerprint density at radius 3 is 2.58 bits per heavy atom. The number of hydrogen-bond donors (Lipinski definition) is 2. The Hall–Kier alpha value is -0.610. The van der Waals surface area contributed by atoms with Crippen LogP contribution in [0.4, 0.5) is 0 Å². The summed E-state index contributed by atoms with van der Waals surface area (Å²) in [5.74, 6) is -0.196. The first-order chi connectivity index (χ1) is 9.16. The third-order valence-corrected chi connectivity index (χ3v) is 4.72. The molecule has 1 heterocycles. The van der Waals surface area contributed by atoms with Crippen LogP contribution < -0.4 is 11.1 Å². The Bertz CT molecular complexity index is 301. The number of amides is 1. The van der Waals surface area contributed by atoms with Crippen molar-refractivity contribution in [2.75, 3.05) is 6.61 Å². The van der Waals surface area contributed by atoms with Crippen molar-refractivity contribution in [3.8, 4) is 0 Å². The van der Waals surface area contributed by atoms with Crippen LogP contribution in [0.2, 0.25) is 0 Å². The number of carbonyl (C=O) groups is 1. The van der Waals surface area contributed by atoms with Crippen LogP contribution in [0.1, 0.15) is 64.7 Å². The third-order valence-electron chi connectivity index (χ3n) is 4.72. The molecule has 0 radical (unpaired) electrons. The van der Waals surface area contributed by atoms with E-state index in [1.54, 1.807) is 0 Å². The van der Waals surface area contributed by atoms with Gasteiger partial charge in [0.2, 0.25) is 5.91 Å². The molecule has 0 spiro atoms. The van der Waals surface area contributed by atoms with Crippen molar-refractivity contribution >= 4 is 5.91 Å². The normalized spacial score (nSPS) is 33.8. The molecule has 1 aliphatic heterocycles. The van der Waals surface area contributed by atoms with E-state index in [0.717, 1.165) is 19.3 Å². The highest BCUT2D eigenvalue weighted by atomic mass is 16.5. The molecule has 2 aliphatic rings. The lowest BCUT2D eigenvalue weighted by Crippen LogP contribution is -2.62. The second-order valence-electron chi connectivity index (χ2n) is 6.13. The lowest BCUT2D eigenvalue weighted by molar-refractivity contribution is -0.132. The van der Waals surface area contributed by atoms with Crippen LogP contribution in [0.3, 0.4) is 0 Å². The predicted molar refractivity (Wildman–Crippen MR) is 75.8 cm³/mol. The maximum absolute atomic E-state index is 12.0. The average Bonchev–Trinajstić information content (AvgIpc) is 2.67.